The fourth-order valence-corrected chi connectivity index (χ4v) is 4.26. The molecule has 2 aromatic rings. The maximum absolute atomic E-state index is 12.3. The maximum Gasteiger partial charge on any atom is 0.242 e. The van der Waals surface area contributed by atoms with Crippen LogP contribution in [0.3, 0.4) is 0 Å². The minimum Gasteiger partial charge on any atom is -0.314 e. The van der Waals surface area contributed by atoms with Crippen LogP contribution < -0.4 is 10.0 Å². The Morgan fingerprint density at radius 1 is 1.38 bits per heavy atom. The summed E-state index contributed by atoms with van der Waals surface area (Å²) in [6, 6.07) is 5.45. The van der Waals surface area contributed by atoms with Crippen molar-refractivity contribution in [3.63, 3.8) is 0 Å². The zero-order valence-electron chi connectivity index (χ0n) is 11.3. The fraction of sp³-hybridized carbons (Fsp3) is 0.500. The van der Waals surface area contributed by atoms with E-state index in [2.05, 4.69) is 18.8 Å². The van der Waals surface area contributed by atoms with E-state index in [1.165, 1.54) is 6.42 Å². The summed E-state index contributed by atoms with van der Waals surface area (Å²) in [5.41, 5.74) is 1.07. The summed E-state index contributed by atoms with van der Waals surface area (Å²) in [6.07, 6.45) is 3.10. The van der Waals surface area contributed by atoms with E-state index in [4.69, 9.17) is 0 Å². The molecule has 0 unspecified atom stereocenters. The monoisotopic (exact) mass is 348 g/mol. The summed E-state index contributed by atoms with van der Waals surface area (Å²) in [6.45, 7) is 1.47. The number of halogens is 1. The molecule has 9 heteroatoms. The van der Waals surface area contributed by atoms with Crippen molar-refractivity contribution in [1.29, 1.82) is 0 Å². The van der Waals surface area contributed by atoms with Crippen molar-refractivity contribution in [3.8, 4) is 0 Å². The van der Waals surface area contributed by atoms with Gasteiger partial charge in [-0.2, -0.15) is 8.75 Å². The molecule has 0 radical (unpaired) electrons. The molecule has 2 heterocycles. The van der Waals surface area contributed by atoms with Crippen molar-refractivity contribution in [1.82, 2.24) is 18.8 Å². The Labute approximate surface area is 134 Å². The lowest BCUT2D eigenvalue weighted by Crippen LogP contribution is -2.30. The Morgan fingerprint density at radius 3 is 3.00 bits per heavy atom. The van der Waals surface area contributed by atoms with Gasteiger partial charge < -0.3 is 5.32 Å². The lowest BCUT2D eigenvalue weighted by molar-refractivity contribution is 0.540. The Bertz CT molecular complexity index is 698. The molecule has 1 fully saturated rings. The minimum atomic E-state index is -3.52. The van der Waals surface area contributed by atoms with Gasteiger partial charge in [0.1, 0.15) is 15.9 Å². The second kappa shape index (κ2) is 6.97. The third-order valence-electron chi connectivity index (χ3n) is 3.49. The van der Waals surface area contributed by atoms with E-state index in [0.717, 1.165) is 31.1 Å². The van der Waals surface area contributed by atoms with Crippen LogP contribution in [0.25, 0.3) is 11.0 Å². The molecule has 2 N–H and O–H groups in total. The van der Waals surface area contributed by atoms with E-state index in [1.54, 1.807) is 18.2 Å². The van der Waals surface area contributed by atoms with Crippen LogP contribution >= 0.6 is 24.1 Å². The largest absolute Gasteiger partial charge is 0.314 e. The van der Waals surface area contributed by atoms with Crippen LogP contribution in [-0.4, -0.2) is 36.3 Å². The summed E-state index contributed by atoms with van der Waals surface area (Å²) < 4.78 is 35.4. The van der Waals surface area contributed by atoms with Crippen LogP contribution in [0, 0.1) is 0 Å². The third kappa shape index (κ3) is 3.70. The highest BCUT2D eigenvalue weighted by Gasteiger charge is 2.20. The first kappa shape index (κ1) is 16.6. The summed E-state index contributed by atoms with van der Waals surface area (Å²) in [7, 11) is -3.52. The summed E-state index contributed by atoms with van der Waals surface area (Å²) in [5, 5.41) is 3.35. The number of benzene rings is 1. The van der Waals surface area contributed by atoms with Gasteiger partial charge in [0, 0.05) is 12.6 Å². The molecule has 21 heavy (non-hydrogen) atoms. The van der Waals surface area contributed by atoms with Crippen molar-refractivity contribution in [2.75, 3.05) is 13.1 Å². The zero-order chi connectivity index (χ0) is 14.0. The second-order valence-electron chi connectivity index (χ2n) is 4.87. The first-order valence-corrected chi connectivity index (χ1v) is 8.82. The van der Waals surface area contributed by atoms with Crippen LogP contribution in [0.4, 0.5) is 0 Å². The van der Waals surface area contributed by atoms with E-state index in [-0.39, 0.29) is 17.3 Å². The van der Waals surface area contributed by atoms with Gasteiger partial charge in [-0.1, -0.05) is 6.07 Å². The zero-order valence-corrected chi connectivity index (χ0v) is 13.7. The lowest BCUT2D eigenvalue weighted by atomic mass is 10.2. The third-order valence-corrected chi connectivity index (χ3v) is 5.52. The Balaban J connectivity index is 0.00000161. The number of sulfonamides is 1. The van der Waals surface area contributed by atoms with Crippen LogP contribution in [0.2, 0.25) is 0 Å². The summed E-state index contributed by atoms with van der Waals surface area (Å²) in [5.74, 6) is 0. The molecular formula is C12H17ClN4O2S2. The normalized spacial score (nSPS) is 18.8. The lowest BCUT2D eigenvalue weighted by Gasteiger charge is -2.11. The molecule has 0 saturated carbocycles. The van der Waals surface area contributed by atoms with Gasteiger partial charge in [-0.15, -0.1) is 12.4 Å². The number of hydrogen-bond donors (Lipinski definition) is 2. The molecule has 6 nitrogen and oxygen atoms in total. The van der Waals surface area contributed by atoms with E-state index in [9.17, 15) is 8.42 Å². The van der Waals surface area contributed by atoms with Gasteiger partial charge in [-0.05, 0) is 37.9 Å². The van der Waals surface area contributed by atoms with E-state index in [1.807, 2.05) is 0 Å². The standard InChI is InChI=1S/C12H16N4O2S2.ClH/c17-20(18,14-8-6-9-3-2-7-13-9)11-5-1-4-10-12(11)16-19-15-10;/h1,4-5,9,13-14H,2-3,6-8H2;1H/t9-;/m1./s1. The number of rotatable bonds is 5. The van der Waals surface area contributed by atoms with Crippen LogP contribution in [0.15, 0.2) is 23.1 Å². The van der Waals surface area contributed by atoms with Gasteiger partial charge in [0.15, 0.2) is 0 Å². The quantitative estimate of drug-likeness (QED) is 0.856. The number of hydrogen-bond acceptors (Lipinski definition) is 6. The number of nitrogens with zero attached hydrogens (tertiary/aromatic N) is 2. The fourth-order valence-electron chi connectivity index (χ4n) is 2.45. The molecule has 1 aliphatic rings. The Hall–Kier alpha value is -0.800. The molecule has 116 valence electrons. The molecule has 1 atom stereocenters. The van der Waals surface area contributed by atoms with E-state index < -0.39 is 10.0 Å². The van der Waals surface area contributed by atoms with Crippen LogP contribution in [0.1, 0.15) is 19.3 Å². The molecule has 0 spiro atoms. The second-order valence-corrected chi connectivity index (χ2v) is 7.13. The van der Waals surface area contributed by atoms with Gasteiger partial charge in [0.2, 0.25) is 10.0 Å². The molecular weight excluding hydrogens is 332 g/mol. The molecule has 0 bridgehead atoms. The van der Waals surface area contributed by atoms with Gasteiger partial charge in [-0.25, -0.2) is 13.1 Å². The van der Waals surface area contributed by atoms with Gasteiger partial charge >= 0.3 is 0 Å². The van der Waals surface area contributed by atoms with Crippen molar-refractivity contribution in [3.05, 3.63) is 18.2 Å². The molecule has 0 amide bonds. The first-order chi connectivity index (χ1) is 9.67. The molecule has 1 aliphatic heterocycles. The maximum atomic E-state index is 12.3. The number of nitrogens with one attached hydrogen (secondary N) is 2. The Kier molecular flexibility index (Phi) is 5.50. The number of fused-ring (bicyclic) bond motifs is 1. The highest BCUT2D eigenvalue weighted by molar-refractivity contribution is 7.89. The van der Waals surface area contributed by atoms with Crippen LogP contribution in [-0.2, 0) is 10.0 Å². The van der Waals surface area contributed by atoms with Crippen molar-refractivity contribution >= 4 is 45.2 Å². The molecule has 3 rings (SSSR count). The summed E-state index contributed by atoms with van der Waals surface area (Å²) in [4.78, 5) is 0.211. The average molecular weight is 349 g/mol. The van der Waals surface area contributed by atoms with E-state index in [0.29, 0.717) is 23.6 Å². The van der Waals surface area contributed by atoms with Gasteiger partial charge in [0.25, 0.3) is 0 Å². The molecule has 1 aromatic carbocycles. The van der Waals surface area contributed by atoms with Gasteiger partial charge in [-0.3, -0.25) is 0 Å². The summed E-state index contributed by atoms with van der Waals surface area (Å²) >= 11 is 1.03. The van der Waals surface area contributed by atoms with Gasteiger partial charge in [0.05, 0.1) is 11.7 Å². The van der Waals surface area contributed by atoms with E-state index >= 15 is 0 Å². The van der Waals surface area contributed by atoms with Crippen molar-refractivity contribution in [2.24, 2.45) is 0 Å². The predicted molar refractivity (Wildman–Crippen MR) is 85.5 cm³/mol. The highest BCUT2D eigenvalue weighted by atomic mass is 35.5. The molecule has 0 aliphatic carbocycles. The smallest absolute Gasteiger partial charge is 0.242 e. The van der Waals surface area contributed by atoms with Crippen molar-refractivity contribution in [2.45, 2.75) is 30.2 Å². The minimum absolute atomic E-state index is 0. The first-order valence-electron chi connectivity index (χ1n) is 6.61. The Morgan fingerprint density at radius 2 is 2.24 bits per heavy atom. The highest BCUT2D eigenvalue weighted by Crippen LogP contribution is 2.20. The molecule has 1 aromatic heterocycles. The molecule has 1 saturated heterocycles. The topological polar surface area (TPSA) is 84.0 Å². The predicted octanol–water partition coefficient (Wildman–Crippen LogP) is 1.53. The number of aromatic nitrogens is 2. The van der Waals surface area contributed by atoms with Crippen LogP contribution in [0.5, 0.6) is 0 Å². The SMILES string of the molecule is Cl.O=S(=O)(NCC[C@H]1CCCN1)c1cccc2nsnc12. The van der Waals surface area contributed by atoms with Crippen molar-refractivity contribution < 1.29 is 8.42 Å². The average Bonchev–Trinajstić information content (AvgIpc) is 3.08.